The van der Waals surface area contributed by atoms with Gasteiger partial charge in [0.15, 0.2) is 11.1 Å². The van der Waals surface area contributed by atoms with E-state index >= 15 is 0 Å². The van der Waals surface area contributed by atoms with E-state index in [1.165, 1.54) is 6.08 Å². The second kappa shape index (κ2) is 14.0. The minimum Gasteiger partial charge on any atom is -0.497 e. The first-order chi connectivity index (χ1) is 21.2. The zero-order valence-corrected chi connectivity index (χ0v) is 25.4. The van der Waals surface area contributed by atoms with E-state index in [9.17, 15) is 19.8 Å². The molecule has 5 atom stereocenters. The molecule has 3 aromatic carbocycles. The van der Waals surface area contributed by atoms with Gasteiger partial charge in [-0.05, 0) is 34.5 Å². The number of carbonyl (C=O) groups excluding carboxylic acids is 2. The van der Waals surface area contributed by atoms with Crippen LogP contribution in [0.4, 0.5) is 0 Å². The summed E-state index contributed by atoms with van der Waals surface area (Å²) in [7, 11) is 1.58. The minimum atomic E-state index is -1.50. The van der Waals surface area contributed by atoms with Crippen LogP contribution in [0.3, 0.4) is 0 Å². The van der Waals surface area contributed by atoms with Crippen molar-refractivity contribution in [2.75, 3.05) is 20.3 Å². The molecule has 1 aliphatic rings. The highest BCUT2D eigenvalue weighted by molar-refractivity contribution is 6.53. The summed E-state index contributed by atoms with van der Waals surface area (Å²) in [5.41, 5.74) is 2.16. The molecule has 44 heavy (non-hydrogen) atoms. The Labute approximate surface area is 264 Å². The molecule has 1 saturated heterocycles. The van der Waals surface area contributed by atoms with Crippen molar-refractivity contribution >= 4 is 56.7 Å². The number of nitrogens with zero attached hydrogens (tertiary/aromatic N) is 1. The van der Waals surface area contributed by atoms with Crippen LogP contribution in [0.5, 0.6) is 5.75 Å². The lowest BCUT2D eigenvalue weighted by atomic mass is 9.96. The Morgan fingerprint density at radius 2 is 1.86 bits per heavy atom. The van der Waals surface area contributed by atoms with Gasteiger partial charge in [-0.25, -0.2) is 0 Å². The zero-order chi connectivity index (χ0) is 31.4. The maximum atomic E-state index is 13.8. The number of ether oxygens (including phenoxy) is 3. The number of alkyl halides is 2. The van der Waals surface area contributed by atoms with Crippen LogP contribution in [0, 0.1) is 0 Å². The molecule has 1 fully saturated rings. The van der Waals surface area contributed by atoms with Crippen molar-refractivity contribution in [3.8, 4) is 5.75 Å². The lowest BCUT2D eigenvalue weighted by molar-refractivity contribution is -0.258. The van der Waals surface area contributed by atoms with Crippen LogP contribution >= 0.6 is 23.2 Å². The Kier molecular flexibility index (Phi) is 10.1. The van der Waals surface area contributed by atoms with E-state index in [0.29, 0.717) is 23.2 Å². The summed E-state index contributed by atoms with van der Waals surface area (Å²) >= 11 is 11.2. The molecule has 232 valence electrons. The number of fused-ring (bicyclic) bond motifs is 2. The summed E-state index contributed by atoms with van der Waals surface area (Å²) in [5, 5.41) is 30.0. The van der Waals surface area contributed by atoms with Crippen molar-refractivity contribution in [3.05, 3.63) is 90.6 Å². The minimum absolute atomic E-state index is 0.0369. The van der Waals surface area contributed by atoms with Crippen molar-refractivity contribution in [2.45, 2.75) is 42.0 Å². The summed E-state index contributed by atoms with van der Waals surface area (Å²) in [6.07, 6.45) is -2.00. The fraction of sp³-hybridized carbons (Fsp3) is 0.312. The summed E-state index contributed by atoms with van der Waals surface area (Å²) in [5.74, 6) is -0.565. The first kappa shape index (κ1) is 31.8. The Balaban J connectivity index is 1.41. The number of hydrogen-bond donors (Lipinski definition) is 4. The highest BCUT2D eigenvalue weighted by atomic mass is 35.5. The highest BCUT2D eigenvalue weighted by Crippen LogP contribution is 2.29. The first-order valence-electron chi connectivity index (χ1n) is 14.0. The summed E-state index contributed by atoms with van der Waals surface area (Å²) in [4.78, 5) is 24.3. The van der Waals surface area contributed by atoms with Crippen molar-refractivity contribution < 1.29 is 34.0 Å². The molecule has 1 aliphatic heterocycles. The van der Waals surface area contributed by atoms with Gasteiger partial charge in [0, 0.05) is 30.7 Å². The SMILES string of the molecule is C=CCOC1O[C@H](CNC(=O)C(Cl)Cl)[C@@H](O)[C@H](O)[C@H]1NC(=O)c1cn(Cc2ccc3ccccc3c2)c2cc(OC)ccc12. The quantitative estimate of drug-likeness (QED) is 0.146. The number of aliphatic hydroxyl groups excluding tert-OH is 2. The van der Waals surface area contributed by atoms with Crippen molar-refractivity contribution in [2.24, 2.45) is 0 Å². The summed E-state index contributed by atoms with van der Waals surface area (Å²) < 4.78 is 19.0. The molecule has 4 aromatic rings. The molecular weight excluding hydrogens is 609 g/mol. The van der Waals surface area contributed by atoms with Gasteiger partial charge in [-0.1, -0.05) is 65.7 Å². The van der Waals surface area contributed by atoms with E-state index in [1.54, 1.807) is 25.4 Å². The monoisotopic (exact) mass is 641 g/mol. The number of rotatable bonds is 11. The second-order valence-electron chi connectivity index (χ2n) is 10.4. The maximum Gasteiger partial charge on any atom is 0.253 e. The average Bonchev–Trinajstić information content (AvgIpc) is 3.39. The van der Waals surface area contributed by atoms with Gasteiger partial charge >= 0.3 is 0 Å². The molecule has 0 spiro atoms. The van der Waals surface area contributed by atoms with Crippen molar-refractivity contribution in [3.63, 3.8) is 0 Å². The summed E-state index contributed by atoms with van der Waals surface area (Å²) in [6, 6.07) is 18.6. The van der Waals surface area contributed by atoms with Gasteiger partial charge < -0.3 is 39.6 Å². The third-order valence-electron chi connectivity index (χ3n) is 7.55. The number of aromatic nitrogens is 1. The fourth-order valence-electron chi connectivity index (χ4n) is 5.31. The molecule has 2 amide bonds. The van der Waals surface area contributed by atoms with Gasteiger partial charge in [0.2, 0.25) is 0 Å². The molecule has 1 aromatic heterocycles. The topological polar surface area (TPSA) is 131 Å². The molecule has 0 saturated carbocycles. The van der Waals surface area contributed by atoms with Crippen molar-refractivity contribution in [1.29, 1.82) is 0 Å². The van der Waals surface area contributed by atoms with Gasteiger partial charge in [-0.3, -0.25) is 9.59 Å². The summed E-state index contributed by atoms with van der Waals surface area (Å²) in [6.45, 7) is 3.95. The van der Waals surface area contributed by atoms with E-state index in [-0.39, 0.29) is 13.2 Å². The molecular formula is C32H33Cl2N3O7. The van der Waals surface area contributed by atoms with Gasteiger partial charge in [0.05, 0.1) is 24.8 Å². The number of methoxy groups -OCH3 is 1. The molecule has 0 bridgehead atoms. The third-order valence-corrected chi connectivity index (χ3v) is 7.95. The standard InChI is InChI=1S/C32H33Cl2N3O7/c1-3-12-43-32-26(28(39)27(38)25(44-32)15-35-31(41)29(33)34)36-30(40)23-17-37(24-14-21(42-2)10-11-22(23)24)16-18-8-9-19-6-4-5-7-20(19)13-18/h3-11,13-14,17,25-29,32,38-39H,1,12,15-16H2,2H3,(H,35,41)(H,36,40)/t25-,26-,27-,28-,32?/m1/s1. The first-order valence-corrected chi connectivity index (χ1v) is 14.8. The van der Waals surface area contributed by atoms with Crippen LogP contribution in [-0.2, 0) is 20.8 Å². The molecule has 1 unspecified atom stereocenters. The van der Waals surface area contributed by atoms with Gasteiger partial charge in [0.1, 0.15) is 30.1 Å². The lowest BCUT2D eigenvalue weighted by Crippen LogP contribution is -2.65. The Morgan fingerprint density at radius 3 is 2.59 bits per heavy atom. The van der Waals surface area contributed by atoms with Crippen molar-refractivity contribution in [1.82, 2.24) is 15.2 Å². The molecule has 10 nitrogen and oxygen atoms in total. The number of nitrogens with one attached hydrogen (secondary N) is 2. The highest BCUT2D eigenvalue weighted by Gasteiger charge is 2.46. The van der Waals surface area contributed by atoms with E-state index in [2.05, 4.69) is 41.5 Å². The van der Waals surface area contributed by atoms with Crippen LogP contribution in [0.25, 0.3) is 21.7 Å². The predicted octanol–water partition coefficient (Wildman–Crippen LogP) is 3.52. The van der Waals surface area contributed by atoms with Crippen LogP contribution in [0.2, 0.25) is 0 Å². The van der Waals surface area contributed by atoms with E-state index < -0.39 is 47.3 Å². The van der Waals surface area contributed by atoms with Gasteiger partial charge in [-0.15, -0.1) is 6.58 Å². The number of benzene rings is 3. The number of aliphatic hydroxyl groups is 2. The third kappa shape index (κ3) is 6.86. The molecule has 4 N–H and O–H groups in total. The maximum absolute atomic E-state index is 13.8. The zero-order valence-electron chi connectivity index (χ0n) is 23.9. The van der Waals surface area contributed by atoms with Crippen LogP contribution in [0.1, 0.15) is 15.9 Å². The fourth-order valence-corrected chi connectivity index (χ4v) is 5.46. The van der Waals surface area contributed by atoms with E-state index in [0.717, 1.165) is 21.9 Å². The normalized spacial score (nSPS) is 21.8. The lowest BCUT2D eigenvalue weighted by Gasteiger charge is -2.42. The molecule has 5 rings (SSSR count). The Hall–Kier alpha value is -3.64. The Bertz CT molecular complexity index is 1660. The Morgan fingerprint density at radius 1 is 1.09 bits per heavy atom. The number of hydrogen-bond acceptors (Lipinski definition) is 7. The molecule has 2 heterocycles. The molecule has 0 aliphatic carbocycles. The largest absolute Gasteiger partial charge is 0.497 e. The second-order valence-corrected chi connectivity index (χ2v) is 11.5. The number of amides is 2. The number of carbonyl (C=O) groups is 2. The average molecular weight is 643 g/mol. The van der Waals surface area contributed by atoms with E-state index in [1.807, 2.05) is 28.8 Å². The van der Waals surface area contributed by atoms with Crippen LogP contribution in [-0.4, -0.2) is 82.3 Å². The number of halogens is 2. The van der Waals surface area contributed by atoms with Crippen LogP contribution < -0.4 is 15.4 Å². The van der Waals surface area contributed by atoms with Gasteiger partial charge in [-0.2, -0.15) is 0 Å². The molecule has 0 radical (unpaired) electrons. The van der Waals surface area contributed by atoms with Crippen LogP contribution in [0.15, 0.2) is 79.5 Å². The molecule has 12 heteroatoms. The predicted molar refractivity (Wildman–Crippen MR) is 168 cm³/mol. The van der Waals surface area contributed by atoms with Gasteiger partial charge in [0.25, 0.3) is 11.8 Å². The van der Waals surface area contributed by atoms with E-state index in [4.69, 9.17) is 37.4 Å². The smallest absolute Gasteiger partial charge is 0.253 e.